The van der Waals surface area contributed by atoms with Crippen molar-refractivity contribution in [1.29, 1.82) is 0 Å². The van der Waals surface area contributed by atoms with E-state index in [1.807, 2.05) is 19.9 Å². The molecule has 0 bridgehead atoms. The minimum absolute atomic E-state index is 0. The van der Waals surface area contributed by atoms with E-state index in [2.05, 4.69) is 25.7 Å². The average molecular weight is 375 g/mol. The highest BCUT2D eigenvalue weighted by Crippen LogP contribution is 2.13. The number of aromatic nitrogens is 4. The number of fused-ring (bicyclic) bond motifs is 1. The van der Waals surface area contributed by atoms with Gasteiger partial charge in [0.05, 0.1) is 0 Å². The number of aryl methyl sites for hydroxylation is 2. The molecule has 3 heterocycles. The van der Waals surface area contributed by atoms with Gasteiger partial charge in [-0.15, -0.1) is 29.9 Å². The topological polar surface area (TPSA) is 84.2 Å². The first-order valence-corrected chi connectivity index (χ1v) is 7.83. The molecule has 7 nitrogen and oxygen atoms in total. The fraction of sp³-hybridized carbons (Fsp3) is 0.600. The molecule has 24 heavy (non-hydrogen) atoms. The van der Waals surface area contributed by atoms with Crippen LogP contribution in [0.4, 0.5) is 0 Å². The van der Waals surface area contributed by atoms with Crippen molar-refractivity contribution in [2.45, 2.75) is 33.1 Å². The van der Waals surface area contributed by atoms with Crippen molar-refractivity contribution in [3.63, 3.8) is 0 Å². The first kappa shape index (κ1) is 20.6. The zero-order valence-corrected chi connectivity index (χ0v) is 15.5. The molecule has 0 radical (unpaired) electrons. The third-order valence-corrected chi connectivity index (χ3v) is 4.06. The highest BCUT2D eigenvalue weighted by atomic mass is 35.5. The predicted octanol–water partition coefficient (Wildman–Crippen LogP) is 1.70. The highest BCUT2D eigenvalue weighted by Gasteiger charge is 2.16. The summed E-state index contributed by atoms with van der Waals surface area (Å²) >= 11 is 0. The zero-order valence-electron chi connectivity index (χ0n) is 13.9. The van der Waals surface area contributed by atoms with Gasteiger partial charge >= 0.3 is 0 Å². The molecule has 2 aromatic rings. The van der Waals surface area contributed by atoms with Crippen molar-refractivity contribution in [1.82, 2.24) is 30.2 Å². The van der Waals surface area contributed by atoms with E-state index in [9.17, 15) is 4.79 Å². The predicted molar refractivity (Wildman–Crippen MR) is 97.3 cm³/mol. The van der Waals surface area contributed by atoms with Crippen LogP contribution in [0.3, 0.4) is 0 Å². The Bertz CT molecular complexity index is 684. The molecule has 0 aliphatic carbocycles. The van der Waals surface area contributed by atoms with Crippen LogP contribution < -0.4 is 10.6 Å². The molecule has 0 spiro atoms. The third-order valence-electron chi connectivity index (χ3n) is 4.06. The van der Waals surface area contributed by atoms with Gasteiger partial charge in [-0.1, -0.05) is 0 Å². The van der Waals surface area contributed by atoms with E-state index in [1.54, 1.807) is 4.52 Å². The van der Waals surface area contributed by atoms with Crippen LogP contribution in [0.2, 0.25) is 0 Å². The van der Waals surface area contributed by atoms with Gasteiger partial charge in [0, 0.05) is 17.9 Å². The summed E-state index contributed by atoms with van der Waals surface area (Å²) in [6.07, 6.45) is 3.44. The maximum absolute atomic E-state index is 12.2. The van der Waals surface area contributed by atoms with Crippen LogP contribution in [0.5, 0.6) is 0 Å². The maximum atomic E-state index is 12.2. The van der Waals surface area contributed by atoms with Gasteiger partial charge in [0.15, 0.2) is 0 Å². The minimum atomic E-state index is -0.230. The largest absolute Gasteiger partial charge is 0.349 e. The molecule has 9 heteroatoms. The second kappa shape index (κ2) is 9.15. The molecule has 1 atom stereocenters. The van der Waals surface area contributed by atoms with Crippen LogP contribution in [0.25, 0.3) is 5.78 Å². The number of halogens is 2. The van der Waals surface area contributed by atoms with Crippen molar-refractivity contribution in [2.24, 2.45) is 5.92 Å². The fourth-order valence-corrected chi connectivity index (χ4v) is 2.90. The summed E-state index contributed by atoms with van der Waals surface area (Å²) in [6, 6.07) is 1.92. The number of carbonyl (C=O) groups excluding carboxylic acids is 1. The fourth-order valence-electron chi connectivity index (χ4n) is 2.90. The Kier molecular flexibility index (Phi) is 7.86. The number of piperidine rings is 1. The molecule has 1 unspecified atom stereocenters. The van der Waals surface area contributed by atoms with Gasteiger partial charge in [-0.05, 0) is 58.2 Å². The monoisotopic (exact) mass is 374 g/mol. The normalized spacial score (nSPS) is 17.0. The number of nitrogens with zero attached hydrogens (tertiary/aromatic N) is 4. The lowest BCUT2D eigenvalue weighted by Crippen LogP contribution is -2.33. The molecule has 2 aromatic heterocycles. The number of rotatable bonds is 4. The second-order valence-electron chi connectivity index (χ2n) is 5.94. The van der Waals surface area contributed by atoms with Crippen LogP contribution in [-0.4, -0.2) is 45.1 Å². The number of nitrogens with one attached hydrogen (secondary N) is 2. The Morgan fingerprint density at radius 2 is 2.17 bits per heavy atom. The van der Waals surface area contributed by atoms with Gasteiger partial charge < -0.3 is 10.6 Å². The van der Waals surface area contributed by atoms with Crippen molar-refractivity contribution in [2.75, 3.05) is 19.6 Å². The molecule has 134 valence electrons. The molecule has 1 aliphatic rings. The van der Waals surface area contributed by atoms with E-state index in [0.29, 0.717) is 18.2 Å². The molecule has 1 aliphatic heterocycles. The zero-order chi connectivity index (χ0) is 15.5. The van der Waals surface area contributed by atoms with Crippen molar-refractivity contribution in [3.05, 3.63) is 23.3 Å². The molecule has 3 rings (SSSR count). The number of hydrogen-bond acceptors (Lipinski definition) is 5. The third kappa shape index (κ3) is 4.78. The molecule has 0 saturated carbocycles. The molecule has 1 saturated heterocycles. The SMILES string of the molecule is Cc1cc(C)n2nc(C(=O)NCCC3CCCNC3)nc2n1.Cl.Cl. The van der Waals surface area contributed by atoms with Crippen molar-refractivity contribution >= 4 is 36.5 Å². The van der Waals surface area contributed by atoms with Crippen LogP contribution in [0.1, 0.15) is 41.3 Å². The summed E-state index contributed by atoms with van der Waals surface area (Å²) in [5, 5.41) is 10.5. The van der Waals surface area contributed by atoms with Crippen LogP contribution >= 0.6 is 24.8 Å². The average Bonchev–Trinajstić information content (AvgIpc) is 2.92. The molecule has 2 N–H and O–H groups in total. The Morgan fingerprint density at radius 3 is 2.88 bits per heavy atom. The summed E-state index contributed by atoms with van der Waals surface area (Å²) in [4.78, 5) is 20.7. The van der Waals surface area contributed by atoms with E-state index < -0.39 is 0 Å². The summed E-state index contributed by atoms with van der Waals surface area (Å²) < 4.78 is 1.60. The van der Waals surface area contributed by atoms with Gasteiger partial charge in [0.1, 0.15) is 0 Å². The second-order valence-corrected chi connectivity index (χ2v) is 5.94. The van der Waals surface area contributed by atoms with Gasteiger partial charge in [-0.3, -0.25) is 4.79 Å². The Hall–Kier alpha value is -1.44. The first-order chi connectivity index (χ1) is 10.6. The summed E-state index contributed by atoms with van der Waals surface area (Å²) in [5.74, 6) is 1.07. The van der Waals surface area contributed by atoms with Gasteiger partial charge in [0.25, 0.3) is 11.7 Å². The molecule has 1 amide bonds. The Morgan fingerprint density at radius 1 is 1.38 bits per heavy atom. The number of carbonyl (C=O) groups is 1. The Balaban J connectivity index is 0.00000144. The van der Waals surface area contributed by atoms with Gasteiger partial charge in [-0.25, -0.2) is 9.50 Å². The van der Waals surface area contributed by atoms with E-state index in [-0.39, 0.29) is 36.5 Å². The van der Waals surface area contributed by atoms with E-state index in [1.165, 1.54) is 12.8 Å². The molecule has 0 aromatic carbocycles. The lowest BCUT2D eigenvalue weighted by Gasteiger charge is -2.22. The summed E-state index contributed by atoms with van der Waals surface area (Å²) in [5.41, 5.74) is 1.79. The quantitative estimate of drug-likeness (QED) is 0.850. The lowest BCUT2D eigenvalue weighted by molar-refractivity contribution is 0.0940. The Labute approximate surface area is 153 Å². The van der Waals surface area contributed by atoms with Crippen molar-refractivity contribution in [3.8, 4) is 0 Å². The van der Waals surface area contributed by atoms with Crippen LogP contribution in [0, 0.1) is 19.8 Å². The smallest absolute Gasteiger partial charge is 0.291 e. The highest BCUT2D eigenvalue weighted by molar-refractivity contribution is 5.90. The van der Waals surface area contributed by atoms with E-state index in [4.69, 9.17) is 0 Å². The first-order valence-electron chi connectivity index (χ1n) is 7.83. The molecular formula is C15H24Cl2N6O. The molecular weight excluding hydrogens is 351 g/mol. The lowest BCUT2D eigenvalue weighted by atomic mass is 9.96. The standard InChI is InChI=1S/C15H22N6O.2ClH/c1-10-8-11(2)21-15(18-10)19-13(20-21)14(22)17-7-5-12-4-3-6-16-9-12;;/h8,12,16H,3-7,9H2,1-2H3,(H,17,22);2*1H. The van der Waals surface area contributed by atoms with E-state index >= 15 is 0 Å². The van der Waals surface area contributed by atoms with Gasteiger partial charge in [-0.2, -0.15) is 4.98 Å². The number of hydrogen-bond donors (Lipinski definition) is 2. The minimum Gasteiger partial charge on any atom is -0.349 e. The van der Waals surface area contributed by atoms with Gasteiger partial charge in [0.2, 0.25) is 5.82 Å². The van der Waals surface area contributed by atoms with Crippen molar-refractivity contribution < 1.29 is 4.79 Å². The molecule has 1 fully saturated rings. The van der Waals surface area contributed by atoms with E-state index in [0.717, 1.165) is 30.9 Å². The summed E-state index contributed by atoms with van der Waals surface area (Å²) in [6.45, 7) is 6.64. The van der Waals surface area contributed by atoms with Crippen LogP contribution in [0.15, 0.2) is 6.07 Å². The van der Waals surface area contributed by atoms with Crippen LogP contribution in [-0.2, 0) is 0 Å². The summed E-state index contributed by atoms with van der Waals surface area (Å²) in [7, 11) is 0. The maximum Gasteiger partial charge on any atom is 0.291 e. The number of amides is 1.